The normalized spacial score (nSPS) is 26.3. The third-order valence-electron chi connectivity index (χ3n) is 3.94. The highest BCUT2D eigenvalue weighted by atomic mass is 16.7. The van der Waals surface area contributed by atoms with Crippen molar-refractivity contribution in [3.05, 3.63) is 29.7 Å². The average molecular weight is 458 g/mol. The Labute approximate surface area is 187 Å². The number of ether oxygens (including phenoxy) is 6. The molecule has 1 heterocycles. The average Bonchev–Trinajstić information content (AvgIpc) is 2.77. The van der Waals surface area contributed by atoms with Gasteiger partial charge < -0.3 is 33.5 Å². The van der Waals surface area contributed by atoms with E-state index in [2.05, 4.69) is 4.74 Å². The van der Waals surface area contributed by atoms with Crippen molar-refractivity contribution in [2.75, 3.05) is 7.11 Å². The quantitative estimate of drug-likeness (QED) is 0.444. The molecule has 2 rings (SSSR count). The number of carbonyl (C=O) groups excluding carboxylic acids is 4. The number of rotatable bonds is 7. The Bertz CT molecular complexity index is 1090. The number of aromatic carboxylic acids is 1. The van der Waals surface area contributed by atoms with Crippen molar-refractivity contribution < 1.29 is 63.0 Å². The molecule has 1 aromatic rings. The molecule has 1 aliphatic heterocycles. The van der Waals surface area contributed by atoms with Crippen LogP contribution in [0.3, 0.4) is 0 Å². The molecule has 174 valence electrons. The van der Waals surface area contributed by atoms with Crippen LogP contribution in [0.25, 0.3) is 0 Å². The van der Waals surface area contributed by atoms with E-state index < -0.39 is 96.0 Å². The summed E-state index contributed by atoms with van der Waals surface area (Å²) < 4.78 is 62.5. The molecule has 0 aliphatic carbocycles. The van der Waals surface area contributed by atoms with Crippen LogP contribution in [-0.4, -0.2) is 72.8 Å². The number of para-hydroxylation sites is 1. The predicted octanol–water partition coefficient (Wildman–Crippen LogP) is 0.457. The van der Waals surface area contributed by atoms with Crippen molar-refractivity contribution in [1.82, 2.24) is 0 Å². The number of carboxylic acids is 1. The van der Waals surface area contributed by atoms with Crippen LogP contribution in [-0.2, 0) is 42.9 Å². The summed E-state index contributed by atoms with van der Waals surface area (Å²) in [6.07, 6.45) is -9.14. The molecule has 0 saturated carbocycles. The van der Waals surface area contributed by atoms with Gasteiger partial charge in [-0.2, -0.15) is 0 Å². The first-order chi connectivity index (χ1) is 16.7. The molecule has 0 aromatic heterocycles. The molecular weight excluding hydrogens is 432 g/mol. The summed E-state index contributed by atoms with van der Waals surface area (Å²) in [5.74, 6) is -6.77. The molecule has 0 spiro atoms. The molecule has 0 amide bonds. The summed E-state index contributed by atoms with van der Waals surface area (Å²) in [6, 6.07) is -3.62. The summed E-state index contributed by atoms with van der Waals surface area (Å²) in [5.41, 5.74) is -0.994. The van der Waals surface area contributed by atoms with Gasteiger partial charge in [-0.1, -0.05) is 12.1 Å². The zero-order valence-electron chi connectivity index (χ0n) is 21.3. The zero-order valence-corrected chi connectivity index (χ0v) is 17.3. The van der Waals surface area contributed by atoms with Gasteiger partial charge in [0.15, 0.2) is 18.3 Å². The first kappa shape index (κ1) is 19.0. The molecule has 1 aromatic carbocycles. The summed E-state index contributed by atoms with van der Waals surface area (Å²) in [7, 11) is 0.960. The Balaban J connectivity index is 2.73. The number of carbonyl (C=O) groups is 5. The molecular formula is C20H22O12. The smallest absolute Gasteiger partial charge is 0.339 e. The molecule has 12 heteroatoms. The maximum atomic E-state index is 12.5. The molecule has 1 saturated heterocycles. The Kier molecular flexibility index (Phi) is 6.29. The maximum Gasteiger partial charge on any atom is 0.339 e. The highest BCUT2D eigenvalue weighted by Gasteiger charge is 2.56. The number of hydrogen-bond donors (Lipinski definition) is 1. The van der Waals surface area contributed by atoms with Crippen LogP contribution in [0.1, 0.15) is 36.6 Å². The number of benzene rings is 1. The van der Waals surface area contributed by atoms with Gasteiger partial charge in [0.2, 0.25) is 12.4 Å². The second kappa shape index (κ2) is 10.6. The van der Waals surface area contributed by atoms with E-state index in [1.807, 2.05) is 0 Å². The lowest BCUT2D eigenvalue weighted by Crippen LogP contribution is -2.64. The van der Waals surface area contributed by atoms with Gasteiger partial charge in [0.25, 0.3) is 0 Å². The lowest BCUT2D eigenvalue weighted by molar-refractivity contribution is -0.282. The van der Waals surface area contributed by atoms with E-state index >= 15 is 0 Å². The van der Waals surface area contributed by atoms with Crippen LogP contribution in [0, 0.1) is 0 Å². The summed E-state index contributed by atoms with van der Waals surface area (Å²) >= 11 is 0. The molecule has 32 heavy (non-hydrogen) atoms. The Morgan fingerprint density at radius 1 is 0.906 bits per heavy atom. The van der Waals surface area contributed by atoms with Gasteiger partial charge in [0.05, 0.1) is 12.6 Å². The fourth-order valence-electron chi connectivity index (χ4n) is 2.83. The van der Waals surface area contributed by atoms with E-state index in [1.54, 1.807) is 0 Å². The van der Waals surface area contributed by atoms with Gasteiger partial charge in [-0.05, 0) is 12.1 Å². The van der Waals surface area contributed by atoms with E-state index in [1.165, 1.54) is 0 Å². The van der Waals surface area contributed by atoms with Gasteiger partial charge in [-0.25, -0.2) is 9.59 Å². The number of methoxy groups -OCH3 is 1. The van der Waals surface area contributed by atoms with Gasteiger partial charge in [0.1, 0.15) is 11.3 Å². The number of carboxylic acid groups (broad SMARTS) is 1. The topological polar surface area (TPSA) is 161 Å². The second-order valence-corrected chi connectivity index (χ2v) is 6.30. The van der Waals surface area contributed by atoms with Crippen molar-refractivity contribution in [1.29, 1.82) is 0 Å². The van der Waals surface area contributed by atoms with Gasteiger partial charge in [-0.15, -0.1) is 0 Å². The van der Waals surface area contributed by atoms with E-state index in [4.69, 9.17) is 29.2 Å². The largest absolute Gasteiger partial charge is 0.478 e. The summed E-state index contributed by atoms with van der Waals surface area (Å²) in [5, 5.41) is 9.56. The van der Waals surface area contributed by atoms with Crippen LogP contribution in [0.5, 0.6) is 5.75 Å². The molecule has 1 fully saturated rings. The van der Waals surface area contributed by atoms with Crippen molar-refractivity contribution in [3.63, 3.8) is 0 Å². The third kappa shape index (κ3) is 5.94. The van der Waals surface area contributed by atoms with Crippen molar-refractivity contribution >= 4 is 29.8 Å². The fraction of sp³-hybridized carbons (Fsp3) is 0.450. The summed E-state index contributed by atoms with van der Waals surface area (Å²) in [4.78, 5) is 59.7. The second-order valence-electron chi connectivity index (χ2n) is 6.30. The fourth-order valence-corrected chi connectivity index (χ4v) is 2.83. The molecule has 12 nitrogen and oxygen atoms in total. The van der Waals surface area contributed by atoms with E-state index in [-0.39, 0.29) is 0 Å². The maximum absolute atomic E-state index is 12.5. The van der Waals surface area contributed by atoms with Gasteiger partial charge in [0, 0.05) is 20.8 Å². The minimum absolute atomic E-state index is 0.862. The number of esters is 4. The molecule has 1 N–H and O–H groups in total. The number of hydrogen-bond acceptors (Lipinski definition) is 11. The van der Waals surface area contributed by atoms with Crippen molar-refractivity contribution in [3.8, 4) is 5.75 Å². The van der Waals surface area contributed by atoms with Crippen LogP contribution in [0.4, 0.5) is 0 Å². The van der Waals surface area contributed by atoms with Crippen LogP contribution < -0.4 is 4.74 Å². The van der Waals surface area contributed by atoms with Gasteiger partial charge in [-0.3, -0.25) is 14.4 Å². The van der Waals surface area contributed by atoms with Crippen LogP contribution in [0.15, 0.2) is 24.2 Å². The molecule has 5 atom stereocenters. The SMILES string of the molecule is [2H]c1c([2H])c([2H])c(C(=O)O)c(O[C@H]2O[C@@H](C(=O)OC)[C@H](OC(C)=O)[C@@H](OC(C)=O)[C@@H]2OC(C)=O)c1[2H]. The standard InChI is InChI=1S/C20H22O12/c1-9(21)28-14-15(29-10(2)22)17(30-11(3)23)20(32-16(14)19(26)27-4)31-13-8-6-5-7-12(13)18(24)25/h5-8,14-17,20H,1-4H3,(H,24,25)/t14-,15-,16-,17+,20+/m1/s1/i5D,6D,7D,8D. The van der Waals surface area contributed by atoms with E-state index in [0.717, 1.165) is 27.9 Å². The molecule has 0 bridgehead atoms. The molecule has 0 radical (unpaired) electrons. The van der Waals surface area contributed by atoms with Crippen LogP contribution >= 0.6 is 0 Å². The monoisotopic (exact) mass is 458 g/mol. The van der Waals surface area contributed by atoms with Crippen LogP contribution in [0.2, 0.25) is 0 Å². The van der Waals surface area contributed by atoms with E-state index in [9.17, 15) is 29.1 Å². The lowest BCUT2D eigenvalue weighted by atomic mass is 9.97. The van der Waals surface area contributed by atoms with Crippen molar-refractivity contribution in [2.45, 2.75) is 51.5 Å². The van der Waals surface area contributed by atoms with E-state index in [0.29, 0.717) is 0 Å². The Morgan fingerprint density at radius 2 is 1.44 bits per heavy atom. The minimum atomic E-state index is -2.01. The predicted molar refractivity (Wildman–Crippen MR) is 101 cm³/mol. The summed E-state index contributed by atoms with van der Waals surface area (Å²) in [6.45, 7) is 2.89. The first-order valence-corrected chi connectivity index (χ1v) is 8.96. The lowest BCUT2D eigenvalue weighted by Gasteiger charge is -2.43. The Hall–Kier alpha value is -3.67. The highest BCUT2D eigenvalue weighted by molar-refractivity contribution is 5.90. The zero-order chi connectivity index (χ0) is 27.5. The Morgan fingerprint density at radius 3 is 1.97 bits per heavy atom. The first-order valence-electron chi connectivity index (χ1n) is 11.0. The van der Waals surface area contributed by atoms with Crippen molar-refractivity contribution in [2.24, 2.45) is 0 Å². The molecule has 1 aliphatic rings. The van der Waals surface area contributed by atoms with Gasteiger partial charge >= 0.3 is 29.8 Å². The highest BCUT2D eigenvalue weighted by Crippen LogP contribution is 2.32. The minimum Gasteiger partial charge on any atom is -0.478 e. The third-order valence-corrected chi connectivity index (χ3v) is 3.94. The molecule has 0 unspecified atom stereocenters.